The van der Waals surface area contributed by atoms with E-state index in [0.29, 0.717) is 17.1 Å². The number of hydrogen-bond acceptors (Lipinski definition) is 4. The quantitative estimate of drug-likeness (QED) is 0.821. The predicted octanol–water partition coefficient (Wildman–Crippen LogP) is 2.62. The van der Waals surface area contributed by atoms with Gasteiger partial charge in [0.25, 0.3) is 0 Å². The summed E-state index contributed by atoms with van der Waals surface area (Å²) < 4.78 is 10.6. The molecule has 0 spiro atoms. The van der Waals surface area contributed by atoms with Crippen molar-refractivity contribution in [3.63, 3.8) is 0 Å². The van der Waals surface area contributed by atoms with Crippen molar-refractivity contribution in [2.75, 3.05) is 13.7 Å². The molecule has 4 nitrogen and oxygen atoms in total. The van der Waals surface area contributed by atoms with Gasteiger partial charge in [-0.05, 0) is 42.0 Å². The Hall–Kier alpha value is -2.33. The third-order valence-electron chi connectivity index (χ3n) is 2.90. The molecule has 0 fully saturated rings. The fraction of sp³-hybridized carbons (Fsp3) is 0.188. The van der Waals surface area contributed by atoms with Crippen molar-refractivity contribution in [1.29, 1.82) is 0 Å². The van der Waals surface area contributed by atoms with Crippen molar-refractivity contribution in [3.8, 4) is 11.5 Å². The van der Waals surface area contributed by atoms with Gasteiger partial charge in [0.1, 0.15) is 30.5 Å². The van der Waals surface area contributed by atoms with Crippen LogP contribution in [0.25, 0.3) is 0 Å². The number of carbonyl (C=O) groups is 1. The van der Waals surface area contributed by atoms with Crippen LogP contribution in [-0.2, 0) is 0 Å². The molecule has 0 heterocycles. The van der Waals surface area contributed by atoms with Crippen LogP contribution in [0.2, 0.25) is 0 Å². The van der Waals surface area contributed by atoms with Gasteiger partial charge >= 0.3 is 0 Å². The van der Waals surface area contributed by atoms with Gasteiger partial charge < -0.3 is 14.6 Å². The summed E-state index contributed by atoms with van der Waals surface area (Å²) in [5, 5.41) is 10.1. The van der Waals surface area contributed by atoms with E-state index in [0.717, 1.165) is 11.8 Å². The smallest absolute Gasteiger partial charge is 0.150 e. The third-order valence-corrected chi connectivity index (χ3v) is 2.90. The first-order valence-electron chi connectivity index (χ1n) is 6.23. The van der Waals surface area contributed by atoms with Crippen LogP contribution < -0.4 is 9.47 Å². The van der Waals surface area contributed by atoms with Crippen LogP contribution in [0.1, 0.15) is 22.0 Å². The SMILES string of the molecule is COc1cccc(C(O)COc2ccc(C=O)cc2)c1. The monoisotopic (exact) mass is 272 g/mol. The number of rotatable bonds is 6. The van der Waals surface area contributed by atoms with E-state index in [2.05, 4.69) is 0 Å². The van der Waals surface area contributed by atoms with Crippen LogP contribution >= 0.6 is 0 Å². The molecule has 1 N–H and O–H groups in total. The Morgan fingerprint density at radius 1 is 1.15 bits per heavy atom. The molecule has 4 heteroatoms. The first-order valence-corrected chi connectivity index (χ1v) is 6.23. The lowest BCUT2D eigenvalue weighted by atomic mass is 10.1. The van der Waals surface area contributed by atoms with Gasteiger partial charge in [-0.3, -0.25) is 4.79 Å². The molecule has 0 bridgehead atoms. The van der Waals surface area contributed by atoms with Gasteiger partial charge in [0, 0.05) is 5.56 Å². The van der Waals surface area contributed by atoms with Gasteiger partial charge in [0.05, 0.1) is 7.11 Å². The van der Waals surface area contributed by atoms with Crippen molar-refractivity contribution in [1.82, 2.24) is 0 Å². The second-order valence-electron chi connectivity index (χ2n) is 4.29. The largest absolute Gasteiger partial charge is 0.497 e. The Morgan fingerprint density at radius 3 is 2.55 bits per heavy atom. The minimum Gasteiger partial charge on any atom is -0.497 e. The zero-order valence-corrected chi connectivity index (χ0v) is 11.2. The highest BCUT2D eigenvalue weighted by Crippen LogP contribution is 2.20. The van der Waals surface area contributed by atoms with Crippen molar-refractivity contribution in [3.05, 3.63) is 59.7 Å². The van der Waals surface area contributed by atoms with Gasteiger partial charge in [0.2, 0.25) is 0 Å². The minimum absolute atomic E-state index is 0.133. The molecule has 1 atom stereocenters. The van der Waals surface area contributed by atoms with Gasteiger partial charge in [0.15, 0.2) is 0 Å². The molecule has 0 radical (unpaired) electrons. The number of carbonyl (C=O) groups excluding carboxylic acids is 1. The summed E-state index contributed by atoms with van der Waals surface area (Å²) >= 11 is 0. The molecule has 20 heavy (non-hydrogen) atoms. The average molecular weight is 272 g/mol. The fourth-order valence-electron chi connectivity index (χ4n) is 1.76. The van der Waals surface area contributed by atoms with Gasteiger partial charge in [-0.15, -0.1) is 0 Å². The summed E-state index contributed by atoms with van der Waals surface area (Å²) in [5.74, 6) is 1.30. The molecule has 2 aromatic carbocycles. The van der Waals surface area contributed by atoms with E-state index in [4.69, 9.17) is 9.47 Å². The van der Waals surface area contributed by atoms with Crippen LogP contribution in [0.5, 0.6) is 11.5 Å². The number of methoxy groups -OCH3 is 1. The lowest BCUT2D eigenvalue weighted by molar-refractivity contribution is 0.108. The van der Waals surface area contributed by atoms with Crippen molar-refractivity contribution >= 4 is 6.29 Å². The Labute approximate surface area is 117 Å². The Morgan fingerprint density at radius 2 is 1.90 bits per heavy atom. The second-order valence-corrected chi connectivity index (χ2v) is 4.29. The summed E-state index contributed by atoms with van der Waals surface area (Å²) in [6.45, 7) is 0.133. The van der Waals surface area contributed by atoms with Crippen molar-refractivity contribution < 1.29 is 19.4 Å². The number of hydrogen-bond donors (Lipinski definition) is 1. The fourth-order valence-corrected chi connectivity index (χ4v) is 1.76. The summed E-state index contributed by atoms with van der Waals surface area (Å²) in [6.07, 6.45) is 0.0327. The maximum atomic E-state index is 10.5. The molecule has 0 aliphatic heterocycles. The molecule has 0 amide bonds. The summed E-state index contributed by atoms with van der Waals surface area (Å²) in [5.41, 5.74) is 1.32. The summed E-state index contributed by atoms with van der Waals surface area (Å²) in [4.78, 5) is 10.5. The number of aliphatic hydroxyl groups is 1. The Balaban J connectivity index is 1.96. The van der Waals surface area contributed by atoms with Crippen LogP contribution in [-0.4, -0.2) is 25.1 Å². The first kappa shape index (κ1) is 14.1. The van der Waals surface area contributed by atoms with E-state index in [1.165, 1.54) is 0 Å². The van der Waals surface area contributed by atoms with E-state index in [9.17, 15) is 9.90 Å². The third kappa shape index (κ3) is 3.59. The molecule has 0 aromatic heterocycles. The average Bonchev–Trinajstić information content (AvgIpc) is 2.53. The molecule has 0 saturated heterocycles. The minimum atomic E-state index is -0.740. The van der Waals surface area contributed by atoms with Gasteiger partial charge in [-0.25, -0.2) is 0 Å². The molecule has 0 aliphatic carbocycles. The molecule has 1 unspecified atom stereocenters. The maximum absolute atomic E-state index is 10.5. The highest BCUT2D eigenvalue weighted by Gasteiger charge is 2.09. The van der Waals surface area contributed by atoms with Crippen LogP contribution in [0.15, 0.2) is 48.5 Å². The van der Waals surface area contributed by atoms with Gasteiger partial charge in [-0.1, -0.05) is 12.1 Å². The van der Waals surface area contributed by atoms with Crippen LogP contribution in [0, 0.1) is 0 Å². The number of benzene rings is 2. The van der Waals surface area contributed by atoms with E-state index in [1.807, 2.05) is 18.2 Å². The van der Waals surface area contributed by atoms with Crippen molar-refractivity contribution in [2.24, 2.45) is 0 Å². The highest BCUT2D eigenvalue weighted by molar-refractivity contribution is 5.74. The Kier molecular flexibility index (Phi) is 4.74. The molecule has 0 aliphatic rings. The molecule has 2 rings (SSSR count). The topological polar surface area (TPSA) is 55.8 Å². The molecular formula is C16H16O4. The molecule has 0 saturated carbocycles. The number of aliphatic hydroxyl groups excluding tert-OH is 1. The zero-order chi connectivity index (χ0) is 14.4. The van der Waals surface area contributed by atoms with Crippen molar-refractivity contribution in [2.45, 2.75) is 6.10 Å². The second kappa shape index (κ2) is 6.73. The lowest BCUT2D eigenvalue weighted by Crippen LogP contribution is -2.09. The van der Waals surface area contributed by atoms with Gasteiger partial charge in [-0.2, -0.15) is 0 Å². The molecule has 2 aromatic rings. The first-order chi connectivity index (χ1) is 9.72. The standard InChI is InChI=1S/C16H16O4/c1-19-15-4-2-3-13(9-15)16(18)11-20-14-7-5-12(10-17)6-8-14/h2-10,16,18H,11H2,1H3. The summed E-state index contributed by atoms with van der Waals surface area (Å²) in [6, 6.07) is 13.9. The van der Waals surface area contributed by atoms with E-state index in [1.54, 1.807) is 37.4 Å². The Bertz CT molecular complexity index is 563. The van der Waals surface area contributed by atoms with E-state index >= 15 is 0 Å². The summed E-state index contributed by atoms with van der Waals surface area (Å²) in [7, 11) is 1.58. The van der Waals surface area contributed by atoms with Crippen LogP contribution in [0.4, 0.5) is 0 Å². The van der Waals surface area contributed by atoms with Crippen LogP contribution in [0.3, 0.4) is 0 Å². The maximum Gasteiger partial charge on any atom is 0.150 e. The number of ether oxygens (including phenoxy) is 2. The zero-order valence-electron chi connectivity index (χ0n) is 11.2. The lowest BCUT2D eigenvalue weighted by Gasteiger charge is -2.13. The van der Waals surface area contributed by atoms with E-state index in [-0.39, 0.29) is 6.61 Å². The van der Waals surface area contributed by atoms with E-state index < -0.39 is 6.10 Å². The molecule has 104 valence electrons. The molecular weight excluding hydrogens is 256 g/mol. The number of aldehydes is 1. The predicted molar refractivity (Wildman–Crippen MR) is 75.3 cm³/mol. The normalized spacial score (nSPS) is 11.7. The highest BCUT2D eigenvalue weighted by atomic mass is 16.5.